The van der Waals surface area contributed by atoms with Gasteiger partial charge in [0.15, 0.2) is 5.76 Å². The summed E-state index contributed by atoms with van der Waals surface area (Å²) in [7, 11) is 0. The summed E-state index contributed by atoms with van der Waals surface area (Å²) in [5.41, 5.74) is 4.15. The molecule has 20 heavy (non-hydrogen) atoms. The molecule has 0 aliphatic rings. The van der Waals surface area contributed by atoms with E-state index in [1.54, 1.807) is 6.07 Å². The molecule has 0 atom stereocenters. The number of hydrogen-bond acceptors (Lipinski definition) is 2. The molecular weight excluding hydrogens is 252 g/mol. The molecule has 0 unspecified atom stereocenters. The van der Waals surface area contributed by atoms with Gasteiger partial charge < -0.3 is 14.7 Å². The van der Waals surface area contributed by atoms with Gasteiger partial charge in [0.1, 0.15) is 0 Å². The SMILES string of the molecule is Cc1cc2cc(CNC(=O)c3occc3C)ccc2[nH]1. The molecule has 0 aliphatic carbocycles. The van der Waals surface area contributed by atoms with Gasteiger partial charge in [-0.15, -0.1) is 0 Å². The van der Waals surface area contributed by atoms with Crippen LogP contribution in [-0.4, -0.2) is 10.9 Å². The lowest BCUT2D eigenvalue weighted by molar-refractivity contribution is 0.0922. The second-order valence-corrected chi connectivity index (χ2v) is 4.99. The van der Waals surface area contributed by atoms with Crippen LogP contribution in [-0.2, 0) is 6.54 Å². The van der Waals surface area contributed by atoms with Crippen molar-refractivity contribution in [3.05, 3.63) is 59.2 Å². The quantitative estimate of drug-likeness (QED) is 0.765. The number of aromatic amines is 1. The monoisotopic (exact) mass is 268 g/mol. The Labute approximate surface area is 116 Å². The van der Waals surface area contributed by atoms with Crippen molar-refractivity contribution in [2.75, 3.05) is 0 Å². The predicted molar refractivity (Wildman–Crippen MR) is 77.7 cm³/mol. The molecule has 0 saturated carbocycles. The molecule has 0 saturated heterocycles. The van der Waals surface area contributed by atoms with Gasteiger partial charge in [0.05, 0.1) is 6.26 Å². The fraction of sp³-hybridized carbons (Fsp3) is 0.188. The fourth-order valence-corrected chi connectivity index (χ4v) is 2.31. The first-order valence-corrected chi connectivity index (χ1v) is 6.54. The summed E-state index contributed by atoms with van der Waals surface area (Å²) in [6.07, 6.45) is 1.53. The van der Waals surface area contributed by atoms with Crippen molar-refractivity contribution in [1.29, 1.82) is 0 Å². The first kappa shape index (κ1) is 12.5. The van der Waals surface area contributed by atoms with Gasteiger partial charge in [-0.25, -0.2) is 0 Å². The Morgan fingerprint density at radius 2 is 2.10 bits per heavy atom. The Balaban J connectivity index is 1.73. The van der Waals surface area contributed by atoms with Crippen LogP contribution in [0, 0.1) is 13.8 Å². The zero-order valence-electron chi connectivity index (χ0n) is 11.5. The molecule has 0 radical (unpaired) electrons. The Morgan fingerprint density at radius 1 is 1.25 bits per heavy atom. The molecule has 4 nitrogen and oxygen atoms in total. The van der Waals surface area contributed by atoms with Crippen molar-refractivity contribution in [3.63, 3.8) is 0 Å². The van der Waals surface area contributed by atoms with Gasteiger partial charge >= 0.3 is 0 Å². The van der Waals surface area contributed by atoms with Crippen LogP contribution in [0.3, 0.4) is 0 Å². The number of furan rings is 1. The Kier molecular flexibility index (Phi) is 3.06. The summed E-state index contributed by atoms with van der Waals surface area (Å²) < 4.78 is 5.17. The van der Waals surface area contributed by atoms with Crippen molar-refractivity contribution in [3.8, 4) is 0 Å². The molecule has 0 fully saturated rings. The topological polar surface area (TPSA) is 58.0 Å². The van der Waals surface area contributed by atoms with Crippen LogP contribution in [0.4, 0.5) is 0 Å². The molecule has 1 amide bonds. The van der Waals surface area contributed by atoms with E-state index in [0.29, 0.717) is 12.3 Å². The second-order valence-electron chi connectivity index (χ2n) is 4.99. The highest BCUT2D eigenvalue weighted by atomic mass is 16.3. The van der Waals surface area contributed by atoms with E-state index in [1.165, 1.54) is 6.26 Å². The summed E-state index contributed by atoms with van der Waals surface area (Å²) >= 11 is 0. The maximum Gasteiger partial charge on any atom is 0.287 e. The number of rotatable bonds is 3. The molecule has 2 N–H and O–H groups in total. The van der Waals surface area contributed by atoms with Crippen molar-refractivity contribution < 1.29 is 9.21 Å². The Bertz CT molecular complexity index is 768. The predicted octanol–water partition coefficient (Wildman–Crippen LogP) is 3.31. The summed E-state index contributed by atoms with van der Waals surface area (Å²) in [6, 6.07) is 9.99. The molecule has 0 aliphatic heterocycles. The minimum Gasteiger partial charge on any atom is -0.459 e. The third kappa shape index (κ3) is 2.32. The van der Waals surface area contributed by atoms with Crippen molar-refractivity contribution >= 4 is 16.8 Å². The lowest BCUT2D eigenvalue weighted by atomic mass is 10.1. The molecular formula is C16H16N2O2. The summed E-state index contributed by atoms with van der Waals surface area (Å²) in [6.45, 7) is 4.37. The van der Waals surface area contributed by atoms with Crippen LogP contribution < -0.4 is 5.32 Å². The largest absolute Gasteiger partial charge is 0.459 e. The minimum absolute atomic E-state index is 0.183. The van der Waals surface area contributed by atoms with Crippen molar-refractivity contribution in [2.45, 2.75) is 20.4 Å². The molecule has 2 heterocycles. The molecule has 102 valence electrons. The third-order valence-corrected chi connectivity index (χ3v) is 3.34. The number of hydrogen-bond donors (Lipinski definition) is 2. The zero-order chi connectivity index (χ0) is 14.1. The van der Waals surface area contributed by atoms with Gasteiger partial charge in [-0.3, -0.25) is 4.79 Å². The zero-order valence-corrected chi connectivity index (χ0v) is 11.5. The summed E-state index contributed by atoms with van der Waals surface area (Å²) in [5.74, 6) is 0.196. The number of H-pyrrole nitrogens is 1. The number of amides is 1. The van der Waals surface area contributed by atoms with E-state index < -0.39 is 0 Å². The van der Waals surface area contributed by atoms with E-state index >= 15 is 0 Å². The standard InChI is InChI=1S/C16H16N2O2/c1-10-5-6-20-15(10)16(19)17-9-12-3-4-14-13(8-12)7-11(2)18-14/h3-8,18H,9H2,1-2H3,(H,17,19). The van der Waals surface area contributed by atoms with Crippen LogP contribution >= 0.6 is 0 Å². The smallest absolute Gasteiger partial charge is 0.287 e. The molecule has 3 rings (SSSR count). The normalized spacial score (nSPS) is 10.9. The number of benzene rings is 1. The molecule has 2 aromatic heterocycles. The molecule has 0 bridgehead atoms. The van der Waals surface area contributed by atoms with Gasteiger partial charge in [-0.1, -0.05) is 6.07 Å². The lowest BCUT2D eigenvalue weighted by Crippen LogP contribution is -2.22. The van der Waals surface area contributed by atoms with Gasteiger partial charge in [0, 0.05) is 23.3 Å². The number of carbonyl (C=O) groups excluding carboxylic acids is 1. The third-order valence-electron chi connectivity index (χ3n) is 3.34. The van der Waals surface area contributed by atoms with Crippen LogP contribution in [0.15, 0.2) is 41.0 Å². The Hall–Kier alpha value is -2.49. The van der Waals surface area contributed by atoms with Crippen molar-refractivity contribution in [2.24, 2.45) is 0 Å². The number of aromatic nitrogens is 1. The minimum atomic E-state index is -0.183. The van der Waals surface area contributed by atoms with E-state index in [1.807, 2.05) is 26.0 Å². The lowest BCUT2D eigenvalue weighted by Gasteiger charge is -2.04. The number of fused-ring (bicyclic) bond motifs is 1. The second kappa shape index (κ2) is 4.89. The van der Waals surface area contributed by atoms with Crippen molar-refractivity contribution in [1.82, 2.24) is 10.3 Å². The molecule has 1 aromatic carbocycles. The maximum absolute atomic E-state index is 12.0. The average Bonchev–Trinajstić information content (AvgIpc) is 3.00. The van der Waals surface area contributed by atoms with Gasteiger partial charge in [0.25, 0.3) is 5.91 Å². The Morgan fingerprint density at radius 3 is 2.85 bits per heavy atom. The van der Waals surface area contributed by atoms with E-state index in [0.717, 1.165) is 27.7 Å². The number of aryl methyl sites for hydroxylation is 2. The van der Waals surface area contributed by atoms with E-state index in [-0.39, 0.29) is 5.91 Å². The van der Waals surface area contributed by atoms with E-state index in [2.05, 4.69) is 22.4 Å². The highest BCUT2D eigenvalue weighted by molar-refractivity contribution is 5.92. The molecule has 3 aromatic rings. The van der Waals surface area contributed by atoms with Gasteiger partial charge in [-0.2, -0.15) is 0 Å². The number of nitrogens with one attached hydrogen (secondary N) is 2. The summed E-state index contributed by atoms with van der Waals surface area (Å²) in [4.78, 5) is 15.2. The maximum atomic E-state index is 12.0. The van der Waals surface area contributed by atoms with E-state index in [9.17, 15) is 4.79 Å². The highest BCUT2D eigenvalue weighted by Crippen LogP contribution is 2.17. The van der Waals surface area contributed by atoms with Crippen LogP contribution in [0.25, 0.3) is 10.9 Å². The number of carbonyl (C=O) groups is 1. The fourth-order valence-electron chi connectivity index (χ4n) is 2.31. The summed E-state index contributed by atoms with van der Waals surface area (Å²) in [5, 5.41) is 4.03. The molecule has 4 heteroatoms. The highest BCUT2D eigenvalue weighted by Gasteiger charge is 2.11. The molecule has 0 spiro atoms. The van der Waals surface area contributed by atoms with Gasteiger partial charge in [-0.05, 0) is 49.1 Å². The van der Waals surface area contributed by atoms with Crippen LogP contribution in [0.1, 0.15) is 27.4 Å². The van der Waals surface area contributed by atoms with E-state index in [4.69, 9.17) is 4.42 Å². The van der Waals surface area contributed by atoms with Crippen LogP contribution in [0.2, 0.25) is 0 Å². The van der Waals surface area contributed by atoms with Gasteiger partial charge in [0.2, 0.25) is 0 Å². The first-order valence-electron chi connectivity index (χ1n) is 6.54. The average molecular weight is 268 g/mol. The first-order chi connectivity index (χ1) is 9.63. The van der Waals surface area contributed by atoms with Crippen LogP contribution in [0.5, 0.6) is 0 Å².